The van der Waals surface area contributed by atoms with Crippen LogP contribution in [0.4, 0.5) is 0 Å². The zero-order chi connectivity index (χ0) is 14.3. The van der Waals surface area contributed by atoms with Gasteiger partial charge in [0.2, 0.25) is 0 Å². The summed E-state index contributed by atoms with van der Waals surface area (Å²) in [5.41, 5.74) is 0. The van der Waals surface area contributed by atoms with Crippen molar-refractivity contribution in [3.63, 3.8) is 0 Å². The molecule has 0 aliphatic carbocycles. The Hall–Kier alpha value is -0.0400. The fourth-order valence-corrected chi connectivity index (χ4v) is 2.99. The summed E-state index contributed by atoms with van der Waals surface area (Å²) in [7, 11) is 0. The van der Waals surface area contributed by atoms with Gasteiger partial charge in [0.05, 0.1) is 0 Å². The van der Waals surface area contributed by atoms with Gasteiger partial charge in [-0.25, -0.2) is 0 Å². The van der Waals surface area contributed by atoms with Crippen LogP contribution in [-0.2, 0) is 0 Å². The first-order chi connectivity index (χ1) is 9.28. The Balaban J connectivity index is 3.83. The minimum absolute atomic E-state index is 0.915. The topological polar surface area (TPSA) is 12.0 Å². The normalized spacial score (nSPS) is 14.5. The van der Waals surface area contributed by atoms with Crippen LogP contribution in [0.1, 0.15) is 91.9 Å². The number of nitrogens with one attached hydrogen (secondary N) is 1. The Bertz CT molecular complexity index is 149. The van der Waals surface area contributed by atoms with Gasteiger partial charge in [-0.15, -0.1) is 0 Å². The van der Waals surface area contributed by atoms with Crippen LogP contribution in [0.5, 0.6) is 0 Å². The molecule has 0 heterocycles. The van der Waals surface area contributed by atoms with Crippen LogP contribution >= 0.6 is 0 Å². The van der Waals surface area contributed by atoms with Gasteiger partial charge in [0, 0.05) is 0 Å². The fourth-order valence-electron chi connectivity index (χ4n) is 2.99. The largest absolute Gasteiger partial charge is 0.316 e. The van der Waals surface area contributed by atoms with E-state index < -0.39 is 0 Å². The van der Waals surface area contributed by atoms with E-state index in [4.69, 9.17) is 0 Å². The van der Waals surface area contributed by atoms with Crippen LogP contribution in [0.3, 0.4) is 0 Å². The van der Waals surface area contributed by atoms with Crippen molar-refractivity contribution in [1.82, 2.24) is 5.32 Å². The van der Waals surface area contributed by atoms with E-state index in [9.17, 15) is 0 Å². The van der Waals surface area contributed by atoms with Gasteiger partial charge in [0.15, 0.2) is 0 Å². The summed E-state index contributed by atoms with van der Waals surface area (Å²) >= 11 is 0. The molecule has 0 aliphatic heterocycles. The summed E-state index contributed by atoms with van der Waals surface area (Å²) in [5, 5.41) is 3.77. The van der Waals surface area contributed by atoms with E-state index in [0.29, 0.717) is 0 Å². The average molecular weight is 270 g/mol. The molecule has 19 heavy (non-hydrogen) atoms. The third-order valence-electron chi connectivity index (χ3n) is 4.19. The molecule has 0 amide bonds. The molecule has 0 spiro atoms. The van der Waals surface area contributed by atoms with Crippen LogP contribution in [0.25, 0.3) is 0 Å². The molecule has 0 saturated heterocycles. The highest BCUT2D eigenvalue weighted by Crippen LogP contribution is 2.16. The quantitative estimate of drug-likeness (QED) is 0.421. The maximum Gasteiger partial charge on any atom is -0.00204 e. The highest BCUT2D eigenvalue weighted by Gasteiger charge is 2.10. The minimum atomic E-state index is 0.915. The predicted octanol–water partition coefficient (Wildman–Crippen LogP) is 5.79. The van der Waals surface area contributed by atoms with Crippen molar-refractivity contribution in [2.24, 2.45) is 11.8 Å². The summed E-state index contributed by atoms with van der Waals surface area (Å²) in [6.07, 6.45) is 13.8. The molecule has 0 bridgehead atoms. The number of hydrogen-bond donors (Lipinski definition) is 1. The first-order valence-corrected chi connectivity index (χ1v) is 8.99. The van der Waals surface area contributed by atoms with Crippen molar-refractivity contribution in [2.45, 2.75) is 91.9 Å². The second kappa shape index (κ2) is 14.4. The first kappa shape index (κ1) is 19.0. The summed E-state index contributed by atoms with van der Waals surface area (Å²) in [6, 6.07) is 0. The highest BCUT2D eigenvalue weighted by atomic mass is 14.9. The molecule has 116 valence electrons. The molecule has 0 saturated carbocycles. The van der Waals surface area contributed by atoms with E-state index >= 15 is 0 Å². The van der Waals surface area contributed by atoms with E-state index in [-0.39, 0.29) is 0 Å². The van der Waals surface area contributed by atoms with Gasteiger partial charge in [-0.3, -0.25) is 0 Å². The van der Waals surface area contributed by atoms with Crippen molar-refractivity contribution < 1.29 is 0 Å². The van der Waals surface area contributed by atoms with Gasteiger partial charge in [0.1, 0.15) is 0 Å². The second-order valence-electron chi connectivity index (χ2n) is 6.25. The van der Waals surface area contributed by atoms with Gasteiger partial charge in [0.25, 0.3) is 0 Å². The van der Waals surface area contributed by atoms with Crippen LogP contribution < -0.4 is 5.32 Å². The Kier molecular flexibility index (Phi) is 14.3. The molecule has 2 atom stereocenters. The van der Waals surface area contributed by atoms with E-state index in [0.717, 1.165) is 11.8 Å². The molecule has 0 rings (SSSR count). The van der Waals surface area contributed by atoms with Crippen molar-refractivity contribution in [2.75, 3.05) is 13.1 Å². The minimum Gasteiger partial charge on any atom is -0.316 e. The summed E-state index contributed by atoms with van der Waals surface area (Å²) < 4.78 is 0. The van der Waals surface area contributed by atoms with Gasteiger partial charge >= 0.3 is 0 Å². The zero-order valence-electron chi connectivity index (χ0n) is 14.1. The van der Waals surface area contributed by atoms with Crippen molar-refractivity contribution >= 4 is 0 Å². The van der Waals surface area contributed by atoms with E-state index in [1.54, 1.807) is 0 Å². The Morgan fingerprint density at radius 3 is 1.32 bits per heavy atom. The smallest absolute Gasteiger partial charge is 0.00204 e. The average Bonchev–Trinajstić information content (AvgIpc) is 2.42. The standard InChI is InChI=1S/C18H39N/c1-5-9-13-17(11-7-3)15-19-16-18(12-8-4)14-10-6-2/h17-19H,5-16H2,1-4H3. The maximum absolute atomic E-state index is 3.77. The number of unbranched alkanes of at least 4 members (excludes halogenated alkanes) is 2. The molecule has 1 heteroatoms. The number of hydrogen-bond acceptors (Lipinski definition) is 1. The molecule has 0 aromatic rings. The fraction of sp³-hybridized carbons (Fsp3) is 1.00. The third-order valence-corrected chi connectivity index (χ3v) is 4.19. The van der Waals surface area contributed by atoms with Crippen LogP contribution in [-0.4, -0.2) is 13.1 Å². The lowest BCUT2D eigenvalue weighted by Gasteiger charge is -2.20. The number of rotatable bonds is 14. The van der Waals surface area contributed by atoms with Crippen LogP contribution in [0, 0.1) is 11.8 Å². The highest BCUT2D eigenvalue weighted by molar-refractivity contribution is 4.66. The van der Waals surface area contributed by atoms with Gasteiger partial charge in [-0.05, 0) is 50.6 Å². The summed E-state index contributed by atoms with van der Waals surface area (Å²) in [4.78, 5) is 0. The molecule has 0 fully saturated rings. The Labute approximate surface area is 122 Å². The van der Waals surface area contributed by atoms with Crippen molar-refractivity contribution in [3.05, 3.63) is 0 Å². The summed E-state index contributed by atoms with van der Waals surface area (Å²) in [6.45, 7) is 11.7. The SMILES string of the molecule is CCCCC(CCC)CNCC(CCC)CCCC. The lowest BCUT2D eigenvalue weighted by atomic mass is 9.95. The molecule has 0 radical (unpaired) electrons. The van der Waals surface area contributed by atoms with E-state index in [2.05, 4.69) is 33.0 Å². The molecule has 1 nitrogen and oxygen atoms in total. The first-order valence-electron chi connectivity index (χ1n) is 8.99. The van der Waals surface area contributed by atoms with Gasteiger partial charge in [-0.1, -0.05) is 66.2 Å². The molecule has 0 aromatic heterocycles. The molecular weight excluding hydrogens is 230 g/mol. The molecule has 0 aliphatic rings. The van der Waals surface area contributed by atoms with E-state index in [1.165, 1.54) is 77.3 Å². The predicted molar refractivity (Wildman–Crippen MR) is 88.7 cm³/mol. The molecule has 0 aromatic carbocycles. The maximum atomic E-state index is 3.77. The van der Waals surface area contributed by atoms with E-state index in [1.807, 2.05) is 0 Å². The monoisotopic (exact) mass is 269 g/mol. The lowest BCUT2D eigenvalue weighted by molar-refractivity contribution is 0.356. The summed E-state index contributed by atoms with van der Waals surface area (Å²) in [5.74, 6) is 1.83. The molecular formula is C18H39N. The molecule has 1 N–H and O–H groups in total. The third kappa shape index (κ3) is 11.5. The lowest BCUT2D eigenvalue weighted by Crippen LogP contribution is -2.28. The van der Waals surface area contributed by atoms with Crippen LogP contribution in [0.15, 0.2) is 0 Å². The second-order valence-corrected chi connectivity index (χ2v) is 6.25. The van der Waals surface area contributed by atoms with Crippen molar-refractivity contribution in [3.8, 4) is 0 Å². The molecule has 2 unspecified atom stereocenters. The van der Waals surface area contributed by atoms with Gasteiger partial charge < -0.3 is 5.32 Å². The van der Waals surface area contributed by atoms with Crippen molar-refractivity contribution in [1.29, 1.82) is 0 Å². The Morgan fingerprint density at radius 1 is 0.579 bits per heavy atom. The van der Waals surface area contributed by atoms with Crippen LogP contribution in [0.2, 0.25) is 0 Å². The Morgan fingerprint density at radius 2 is 1.00 bits per heavy atom. The van der Waals surface area contributed by atoms with Gasteiger partial charge in [-0.2, -0.15) is 0 Å². The zero-order valence-corrected chi connectivity index (χ0v) is 14.1.